The van der Waals surface area contributed by atoms with E-state index in [2.05, 4.69) is 30.6 Å². The van der Waals surface area contributed by atoms with Gasteiger partial charge in [0.25, 0.3) is 5.78 Å². The van der Waals surface area contributed by atoms with Crippen molar-refractivity contribution in [3.63, 3.8) is 0 Å². The van der Waals surface area contributed by atoms with Crippen LogP contribution in [-0.2, 0) is 6.42 Å². The molecule has 0 atom stereocenters. The Morgan fingerprint density at radius 1 is 1.35 bits per heavy atom. The maximum absolute atomic E-state index is 4.40. The summed E-state index contributed by atoms with van der Waals surface area (Å²) in [5, 5.41) is 14.6. The van der Waals surface area contributed by atoms with Gasteiger partial charge < -0.3 is 5.32 Å². The molecule has 7 heteroatoms. The Bertz CT molecular complexity index is 699. The summed E-state index contributed by atoms with van der Waals surface area (Å²) in [6, 6.07) is 2.00. The third-order valence-electron chi connectivity index (χ3n) is 3.38. The number of nitrogens with zero attached hydrogens (tertiary/aromatic N) is 5. The molecule has 0 aliphatic carbocycles. The van der Waals surface area contributed by atoms with Crippen LogP contribution in [0.4, 0.5) is 5.82 Å². The fraction of sp³-hybridized carbons (Fsp3) is 0.385. The Morgan fingerprint density at radius 3 is 3.05 bits per heavy atom. The van der Waals surface area contributed by atoms with E-state index in [9.17, 15) is 0 Å². The van der Waals surface area contributed by atoms with Crippen LogP contribution in [0.5, 0.6) is 0 Å². The lowest BCUT2D eigenvalue weighted by atomic mass is 10.2. The summed E-state index contributed by atoms with van der Waals surface area (Å²) in [5.41, 5.74) is 3.23. The largest absolute Gasteiger partial charge is 0.370 e. The lowest BCUT2D eigenvalue weighted by Crippen LogP contribution is -2.11. The number of aromatic nitrogens is 6. The second kappa shape index (κ2) is 5.28. The monoisotopic (exact) mass is 271 g/mol. The SMILES string of the molecule is Cc1nc2ncnn2c(NCCCc2ccn[nH]2)c1C. The molecule has 3 heterocycles. The van der Waals surface area contributed by atoms with Crippen LogP contribution < -0.4 is 5.32 Å². The number of aryl methyl sites for hydroxylation is 2. The number of nitrogens with one attached hydrogen (secondary N) is 2. The van der Waals surface area contributed by atoms with E-state index in [1.165, 1.54) is 6.33 Å². The zero-order valence-electron chi connectivity index (χ0n) is 11.6. The normalized spacial score (nSPS) is 11.1. The van der Waals surface area contributed by atoms with E-state index >= 15 is 0 Å². The molecule has 0 spiro atoms. The van der Waals surface area contributed by atoms with Gasteiger partial charge in [0.05, 0.1) is 0 Å². The number of anilines is 1. The second-order valence-corrected chi connectivity index (χ2v) is 4.75. The van der Waals surface area contributed by atoms with Gasteiger partial charge in [0, 0.05) is 29.7 Å². The van der Waals surface area contributed by atoms with Crippen LogP contribution in [0.25, 0.3) is 5.78 Å². The molecule has 0 bridgehead atoms. The molecule has 2 N–H and O–H groups in total. The number of hydrogen-bond acceptors (Lipinski definition) is 5. The summed E-state index contributed by atoms with van der Waals surface area (Å²) in [7, 11) is 0. The molecule has 0 radical (unpaired) electrons. The lowest BCUT2D eigenvalue weighted by molar-refractivity contribution is 0.812. The highest BCUT2D eigenvalue weighted by atomic mass is 15.4. The first-order chi connectivity index (χ1) is 9.75. The Morgan fingerprint density at radius 2 is 2.25 bits per heavy atom. The molecule has 3 aromatic rings. The average molecular weight is 271 g/mol. The van der Waals surface area contributed by atoms with E-state index in [4.69, 9.17) is 0 Å². The van der Waals surface area contributed by atoms with Gasteiger partial charge >= 0.3 is 0 Å². The van der Waals surface area contributed by atoms with Crippen LogP contribution >= 0.6 is 0 Å². The van der Waals surface area contributed by atoms with Crippen molar-refractivity contribution in [1.29, 1.82) is 0 Å². The predicted molar refractivity (Wildman–Crippen MR) is 75.7 cm³/mol. The highest BCUT2D eigenvalue weighted by Gasteiger charge is 2.10. The molecule has 0 amide bonds. The topological polar surface area (TPSA) is 83.8 Å². The Hall–Kier alpha value is -2.44. The standard InChI is InChI=1S/C13H17N7/c1-9-10(2)18-13-15-8-17-20(13)12(9)14-6-3-4-11-5-7-16-19-11/h5,7-8,14H,3-4,6H2,1-2H3,(H,16,19). The number of rotatable bonds is 5. The highest BCUT2D eigenvalue weighted by molar-refractivity contribution is 5.51. The third kappa shape index (κ3) is 2.34. The van der Waals surface area contributed by atoms with Gasteiger partial charge in [-0.05, 0) is 32.8 Å². The van der Waals surface area contributed by atoms with Crippen LogP contribution in [0.15, 0.2) is 18.6 Å². The molecule has 0 unspecified atom stereocenters. The minimum Gasteiger partial charge on any atom is -0.370 e. The van der Waals surface area contributed by atoms with E-state index in [1.807, 2.05) is 19.9 Å². The van der Waals surface area contributed by atoms with Crippen LogP contribution in [0.2, 0.25) is 0 Å². The van der Waals surface area contributed by atoms with Crippen molar-refractivity contribution in [3.8, 4) is 0 Å². The summed E-state index contributed by atoms with van der Waals surface area (Å²) in [6.07, 6.45) is 5.28. The van der Waals surface area contributed by atoms with Gasteiger partial charge in [-0.1, -0.05) is 0 Å². The van der Waals surface area contributed by atoms with Crippen LogP contribution in [-0.4, -0.2) is 36.3 Å². The molecular formula is C13H17N7. The highest BCUT2D eigenvalue weighted by Crippen LogP contribution is 2.17. The molecule has 0 aliphatic rings. The molecule has 7 nitrogen and oxygen atoms in total. The Balaban J connectivity index is 1.70. The zero-order valence-corrected chi connectivity index (χ0v) is 11.6. The summed E-state index contributed by atoms with van der Waals surface area (Å²) in [5.74, 6) is 1.60. The van der Waals surface area contributed by atoms with Crippen LogP contribution in [0, 0.1) is 13.8 Å². The molecule has 0 saturated carbocycles. The quantitative estimate of drug-likeness (QED) is 0.687. The fourth-order valence-corrected chi connectivity index (χ4v) is 2.15. The van der Waals surface area contributed by atoms with E-state index in [0.29, 0.717) is 5.78 Å². The Kier molecular flexibility index (Phi) is 3.32. The summed E-state index contributed by atoms with van der Waals surface area (Å²) in [6.45, 7) is 4.89. The Labute approximate surface area is 116 Å². The first-order valence-electron chi connectivity index (χ1n) is 6.65. The minimum absolute atomic E-state index is 0.629. The van der Waals surface area contributed by atoms with Crippen molar-refractivity contribution >= 4 is 11.6 Å². The van der Waals surface area contributed by atoms with Crippen molar-refractivity contribution in [2.24, 2.45) is 0 Å². The molecule has 104 valence electrons. The van der Waals surface area contributed by atoms with Gasteiger partial charge in [0.2, 0.25) is 0 Å². The van der Waals surface area contributed by atoms with Crippen molar-refractivity contribution in [2.45, 2.75) is 26.7 Å². The van der Waals surface area contributed by atoms with Gasteiger partial charge in [-0.2, -0.15) is 19.7 Å². The predicted octanol–water partition coefficient (Wildman–Crippen LogP) is 1.51. The smallest absolute Gasteiger partial charge is 0.254 e. The van der Waals surface area contributed by atoms with Crippen LogP contribution in [0.3, 0.4) is 0 Å². The van der Waals surface area contributed by atoms with Gasteiger partial charge in [-0.3, -0.25) is 5.10 Å². The first-order valence-corrected chi connectivity index (χ1v) is 6.65. The van der Waals surface area contributed by atoms with E-state index in [0.717, 1.165) is 42.2 Å². The van der Waals surface area contributed by atoms with Gasteiger partial charge in [-0.25, -0.2) is 4.98 Å². The molecule has 3 rings (SSSR count). The number of fused-ring (bicyclic) bond motifs is 1. The fourth-order valence-electron chi connectivity index (χ4n) is 2.15. The second-order valence-electron chi connectivity index (χ2n) is 4.75. The van der Waals surface area contributed by atoms with E-state index < -0.39 is 0 Å². The van der Waals surface area contributed by atoms with Gasteiger partial charge in [0.15, 0.2) is 0 Å². The van der Waals surface area contributed by atoms with Crippen molar-refractivity contribution < 1.29 is 0 Å². The van der Waals surface area contributed by atoms with Crippen LogP contribution in [0.1, 0.15) is 23.4 Å². The number of aromatic amines is 1. The molecule has 0 fully saturated rings. The number of H-pyrrole nitrogens is 1. The maximum atomic E-state index is 4.40. The zero-order chi connectivity index (χ0) is 13.9. The molecule has 0 aromatic carbocycles. The van der Waals surface area contributed by atoms with Gasteiger partial charge in [0.1, 0.15) is 12.1 Å². The average Bonchev–Trinajstić information content (AvgIpc) is 3.09. The first kappa shape index (κ1) is 12.6. The maximum Gasteiger partial charge on any atom is 0.254 e. The van der Waals surface area contributed by atoms with Crippen molar-refractivity contribution in [3.05, 3.63) is 35.5 Å². The summed E-state index contributed by atoms with van der Waals surface area (Å²) < 4.78 is 1.75. The third-order valence-corrected chi connectivity index (χ3v) is 3.38. The number of hydrogen-bond donors (Lipinski definition) is 2. The van der Waals surface area contributed by atoms with Crippen molar-refractivity contribution in [2.75, 3.05) is 11.9 Å². The summed E-state index contributed by atoms with van der Waals surface area (Å²) in [4.78, 5) is 8.54. The molecule has 0 aliphatic heterocycles. The van der Waals surface area contributed by atoms with E-state index in [1.54, 1.807) is 10.7 Å². The molecule has 20 heavy (non-hydrogen) atoms. The van der Waals surface area contributed by atoms with Gasteiger partial charge in [-0.15, -0.1) is 0 Å². The van der Waals surface area contributed by atoms with E-state index in [-0.39, 0.29) is 0 Å². The molecule has 3 aromatic heterocycles. The molecule has 0 saturated heterocycles. The summed E-state index contributed by atoms with van der Waals surface area (Å²) >= 11 is 0. The van der Waals surface area contributed by atoms with Crippen molar-refractivity contribution in [1.82, 2.24) is 29.8 Å². The lowest BCUT2D eigenvalue weighted by Gasteiger charge is -2.12. The molecular weight excluding hydrogens is 254 g/mol. The minimum atomic E-state index is 0.629.